The highest BCUT2D eigenvalue weighted by molar-refractivity contribution is 5.31. The topological polar surface area (TPSA) is 23.8 Å². The summed E-state index contributed by atoms with van der Waals surface area (Å²) in [6.45, 7) is 2.29. The van der Waals surface area contributed by atoms with Crippen LogP contribution in [-0.2, 0) is 6.42 Å². The summed E-state index contributed by atoms with van der Waals surface area (Å²) >= 11 is 0. The Labute approximate surface area is 161 Å². The molecule has 142 valence electrons. The first kappa shape index (κ1) is 20.8. The molecule has 1 heteroatoms. The second-order valence-corrected chi connectivity index (χ2v) is 8.08. The molecule has 1 aromatic carbocycles. The van der Waals surface area contributed by atoms with Gasteiger partial charge in [0.2, 0.25) is 0 Å². The van der Waals surface area contributed by atoms with Crippen LogP contribution in [0, 0.1) is 17.2 Å². The maximum atomic E-state index is 8.86. The zero-order chi connectivity index (χ0) is 18.5. The van der Waals surface area contributed by atoms with E-state index in [4.69, 9.17) is 5.26 Å². The van der Waals surface area contributed by atoms with Gasteiger partial charge in [0.15, 0.2) is 0 Å². The summed E-state index contributed by atoms with van der Waals surface area (Å²) in [6.07, 6.45) is 21.7. The first-order chi connectivity index (χ1) is 12.8. The van der Waals surface area contributed by atoms with Crippen molar-refractivity contribution in [2.75, 3.05) is 0 Å². The van der Waals surface area contributed by atoms with Crippen LogP contribution in [0.5, 0.6) is 0 Å². The van der Waals surface area contributed by atoms with E-state index < -0.39 is 0 Å². The lowest BCUT2D eigenvalue weighted by atomic mass is 9.84. The fraction of sp³-hybridized carbons (Fsp3) is 0.640. The molecule has 1 aliphatic carbocycles. The van der Waals surface area contributed by atoms with Crippen LogP contribution in [0.2, 0.25) is 0 Å². The number of hydrogen-bond acceptors (Lipinski definition) is 1. The minimum absolute atomic E-state index is 0.759. The van der Waals surface area contributed by atoms with Gasteiger partial charge in [0.05, 0.1) is 11.6 Å². The number of hydrogen-bond donors (Lipinski definition) is 0. The summed E-state index contributed by atoms with van der Waals surface area (Å²) in [6, 6.07) is 10.3. The zero-order valence-electron chi connectivity index (χ0n) is 16.8. The molecule has 0 saturated heterocycles. The van der Waals surface area contributed by atoms with Crippen LogP contribution in [0.4, 0.5) is 0 Å². The highest BCUT2D eigenvalue weighted by atomic mass is 14.2. The summed E-state index contributed by atoms with van der Waals surface area (Å²) < 4.78 is 0. The van der Waals surface area contributed by atoms with E-state index in [-0.39, 0.29) is 0 Å². The van der Waals surface area contributed by atoms with Gasteiger partial charge in [-0.25, -0.2) is 0 Å². The molecule has 2 rings (SSSR count). The van der Waals surface area contributed by atoms with Gasteiger partial charge in [-0.15, -0.1) is 0 Å². The molecule has 1 aliphatic rings. The minimum Gasteiger partial charge on any atom is -0.192 e. The number of rotatable bonds is 12. The predicted octanol–water partition coefficient (Wildman–Crippen LogP) is 7.75. The second-order valence-electron chi connectivity index (χ2n) is 8.08. The van der Waals surface area contributed by atoms with E-state index in [1.807, 2.05) is 12.1 Å². The first-order valence-corrected chi connectivity index (χ1v) is 11.0. The molecule has 0 amide bonds. The van der Waals surface area contributed by atoms with Crippen LogP contribution in [0.15, 0.2) is 35.9 Å². The Balaban J connectivity index is 1.54. The van der Waals surface area contributed by atoms with Gasteiger partial charge in [0.25, 0.3) is 0 Å². The summed E-state index contributed by atoms with van der Waals surface area (Å²) in [5, 5.41) is 8.86. The molecule has 0 bridgehead atoms. The molecular weight excluding hydrogens is 314 g/mol. The normalized spacial score (nSPS) is 16.9. The molecule has 1 nitrogen and oxygen atoms in total. The van der Waals surface area contributed by atoms with E-state index in [0.29, 0.717) is 0 Å². The van der Waals surface area contributed by atoms with Gasteiger partial charge in [-0.3, -0.25) is 0 Å². The van der Waals surface area contributed by atoms with Crippen LogP contribution in [0.25, 0.3) is 0 Å². The molecule has 0 N–H and O–H groups in total. The van der Waals surface area contributed by atoms with Gasteiger partial charge in [-0.2, -0.15) is 5.26 Å². The van der Waals surface area contributed by atoms with Gasteiger partial charge < -0.3 is 0 Å². The van der Waals surface area contributed by atoms with Gasteiger partial charge in [-0.05, 0) is 55.7 Å². The Kier molecular flexibility index (Phi) is 10.2. The molecule has 26 heavy (non-hydrogen) atoms. The van der Waals surface area contributed by atoms with Gasteiger partial charge in [0.1, 0.15) is 0 Å². The number of aryl methyl sites for hydroxylation is 1. The average molecular weight is 352 g/mol. The summed E-state index contributed by atoms with van der Waals surface area (Å²) in [5.74, 6) is 0.939. The van der Waals surface area contributed by atoms with Gasteiger partial charge in [0, 0.05) is 0 Å². The third-order valence-corrected chi connectivity index (χ3v) is 5.90. The van der Waals surface area contributed by atoms with E-state index in [0.717, 1.165) is 17.9 Å². The molecule has 0 fully saturated rings. The maximum absolute atomic E-state index is 8.86. The standard InChI is InChI=1S/C25H37N/c1-2-3-4-5-6-7-8-9-10-22-11-13-23(14-12-22)15-16-24-17-19-25(21-26)20-18-24/h13,17-20,22H,2-12,14-16H2,1H3. The molecule has 0 saturated carbocycles. The molecule has 0 aliphatic heterocycles. The number of nitrogens with zero attached hydrogens (tertiary/aromatic N) is 1. The molecule has 1 unspecified atom stereocenters. The van der Waals surface area contributed by atoms with Crippen molar-refractivity contribution in [3.8, 4) is 6.07 Å². The van der Waals surface area contributed by atoms with Crippen LogP contribution >= 0.6 is 0 Å². The van der Waals surface area contributed by atoms with E-state index in [1.54, 1.807) is 5.57 Å². The van der Waals surface area contributed by atoms with Crippen molar-refractivity contribution in [3.05, 3.63) is 47.0 Å². The smallest absolute Gasteiger partial charge is 0.0991 e. The highest BCUT2D eigenvalue weighted by Crippen LogP contribution is 2.30. The van der Waals surface area contributed by atoms with Crippen molar-refractivity contribution >= 4 is 0 Å². The molecule has 0 heterocycles. The minimum atomic E-state index is 0.759. The lowest BCUT2D eigenvalue weighted by molar-refractivity contribution is 0.409. The predicted molar refractivity (Wildman–Crippen MR) is 112 cm³/mol. The van der Waals surface area contributed by atoms with Crippen molar-refractivity contribution in [1.82, 2.24) is 0 Å². The monoisotopic (exact) mass is 351 g/mol. The van der Waals surface area contributed by atoms with Gasteiger partial charge >= 0.3 is 0 Å². The summed E-state index contributed by atoms with van der Waals surface area (Å²) in [5.41, 5.74) is 3.77. The number of unbranched alkanes of at least 4 members (excludes halogenated alkanes) is 7. The zero-order valence-corrected chi connectivity index (χ0v) is 16.8. The Morgan fingerprint density at radius 1 is 0.923 bits per heavy atom. The van der Waals surface area contributed by atoms with E-state index >= 15 is 0 Å². The lowest BCUT2D eigenvalue weighted by Gasteiger charge is -2.22. The van der Waals surface area contributed by atoms with Crippen molar-refractivity contribution in [3.63, 3.8) is 0 Å². The number of benzene rings is 1. The van der Waals surface area contributed by atoms with Crippen molar-refractivity contribution in [2.45, 2.75) is 96.8 Å². The third kappa shape index (κ3) is 8.22. The van der Waals surface area contributed by atoms with Crippen LogP contribution < -0.4 is 0 Å². The Hall–Kier alpha value is -1.55. The molecule has 0 spiro atoms. The fourth-order valence-corrected chi connectivity index (χ4v) is 4.05. The molecular formula is C25H37N. The van der Waals surface area contributed by atoms with Crippen molar-refractivity contribution < 1.29 is 0 Å². The quantitative estimate of drug-likeness (QED) is 0.279. The first-order valence-electron chi connectivity index (χ1n) is 11.0. The Bertz CT molecular complexity index is 561. The fourth-order valence-electron chi connectivity index (χ4n) is 4.05. The molecule has 0 radical (unpaired) electrons. The third-order valence-electron chi connectivity index (χ3n) is 5.90. The number of allylic oxidation sites excluding steroid dienone is 2. The van der Waals surface area contributed by atoms with E-state index in [1.165, 1.54) is 89.0 Å². The summed E-state index contributed by atoms with van der Waals surface area (Å²) in [7, 11) is 0. The van der Waals surface area contributed by atoms with Gasteiger partial charge in [-0.1, -0.05) is 88.5 Å². The Morgan fingerprint density at radius 2 is 1.62 bits per heavy atom. The molecule has 1 atom stereocenters. The maximum Gasteiger partial charge on any atom is 0.0991 e. The SMILES string of the molecule is CCCCCCCCCCC1CC=C(CCc2ccc(C#N)cc2)CC1. The second kappa shape index (κ2) is 12.7. The van der Waals surface area contributed by atoms with Crippen LogP contribution in [0.1, 0.15) is 102 Å². The van der Waals surface area contributed by atoms with Crippen molar-refractivity contribution in [2.24, 2.45) is 5.92 Å². The van der Waals surface area contributed by atoms with Crippen LogP contribution in [-0.4, -0.2) is 0 Å². The number of nitriles is 1. The van der Waals surface area contributed by atoms with Crippen LogP contribution in [0.3, 0.4) is 0 Å². The Morgan fingerprint density at radius 3 is 2.23 bits per heavy atom. The highest BCUT2D eigenvalue weighted by Gasteiger charge is 2.14. The van der Waals surface area contributed by atoms with Crippen molar-refractivity contribution in [1.29, 1.82) is 5.26 Å². The van der Waals surface area contributed by atoms with E-state index in [2.05, 4.69) is 31.2 Å². The van der Waals surface area contributed by atoms with E-state index in [9.17, 15) is 0 Å². The average Bonchev–Trinajstić information content (AvgIpc) is 2.69. The largest absolute Gasteiger partial charge is 0.192 e. The molecule has 0 aromatic heterocycles. The summed E-state index contributed by atoms with van der Waals surface area (Å²) in [4.78, 5) is 0. The molecule has 1 aromatic rings. The lowest BCUT2D eigenvalue weighted by Crippen LogP contribution is -2.06.